The Kier molecular flexibility index (Phi) is 5.31. The fourth-order valence-corrected chi connectivity index (χ4v) is 3.57. The molecule has 0 radical (unpaired) electrons. The molecule has 0 atom stereocenters. The lowest BCUT2D eigenvalue weighted by molar-refractivity contribution is 0.145. The van der Waals surface area contributed by atoms with Gasteiger partial charge in [0.25, 0.3) is 6.43 Å². The number of ether oxygens (including phenoxy) is 1. The van der Waals surface area contributed by atoms with Crippen LogP contribution in [-0.4, -0.2) is 25.3 Å². The van der Waals surface area contributed by atoms with Crippen LogP contribution in [0.5, 0.6) is 5.75 Å². The highest BCUT2D eigenvalue weighted by Crippen LogP contribution is 2.33. The Morgan fingerprint density at radius 2 is 1.81 bits per heavy atom. The second-order valence-corrected chi connectivity index (χ2v) is 7.97. The average Bonchev–Trinajstić information content (AvgIpc) is 3.06. The van der Waals surface area contributed by atoms with E-state index in [1.807, 2.05) is 0 Å². The third-order valence-corrected chi connectivity index (χ3v) is 5.36. The molecule has 3 rings (SSSR count). The summed E-state index contributed by atoms with van der Waals surface area (Å²) >= 11 is 3.37. The van der Waals surface area contributed by atoms with Gasteiger partial charge in [0.05, 0.1) is 27.9 Å². The molecule has 2 N–H and O–H groups in total. The van der Waals surface area contributed by atoms with Crippen LogP contribution in [0, 0.1) is 0 Å². The molecule has 142 valence electrons. The topological polar surface area (TPSA) is 87.2 Å². The van der Waals surface area contributed by atoms with Gasteiger partial charge in [-0.25, -0.2) is 27.0 Å². The predicted molar refractivity (Wildman–Crippen MR) is 99.6 cm³/mol. The van der Waals surface area contributed by atoms with Gasteiger partial charge in [0, 0.05) is 5.56 Å². The van der Waals surface area contributed by atoms with Crippen LogP contribution in [0.15, 0.2) is 57.9 Å². The van der Waals surface area contributed by atoms with Crippen molar-refractivity contribution in [2.45, 2.75) is 11.3 Å². The number of methoxy groups -OCH3 is 1. The van der Waals surface area contributed by atoms with Crippen LogP contribution < -0.4 is 9.88 Å². The molecule has 0 saturated carbocycles. The molecular weight excluding hydrogens is 444 g/mol. The third-order valence-electron chi connectivity index (χ3n) is 3.81. The van der Waals surface area contributed by atoms with Crippen LogP contribution >= 0.6 is 15.9 Å². The largest absolute Gasteiger partial charge is 0.496 e. The molecule has 3 aromatic rings. The maximum Gasteiger partial charge on any atom is 0.282 e. The van der Waals surface area contributed by atoms with Crippen LogP contribution in [0.1, 0.15) is 12.1 Å². The van der Waals surface area contributed by atoms with Crippen LogP contribution in [0.25, 0.3) is 16.9 Å². The van der Waals surface area contributed by atoms with E-state index in [2.05, 4.69) is 21.0 Å². The van der Waals surface area contributed by atoms with E-state index in [1.54, 1.807) is 18.2 Å². The van der Waals surface area contributed by atoms with Gasteiger partial charge in [0.1, 0.15) is 11.4 Å². The van der Waals surface area contributed by atoms with E-state index in [9.17, 15) is 17.2 Å². The Bertz CT molecular complexity index is 1080. The van der Waals surface area contributed by atoms with E-state index in [-0.39, 0.29) is 4.90 Å². The van der Waals surface area contributed by atoms with Crippen LogP contribution in [0.4, 0.5) is 8.78 Å². The molecule has 2 aromatic carbocycles. The monoisotopic (exact) mass is 457 g/mol. The number of aromatic nitrogens is 2. The van der Waals surface area contributed by atoms with Gasteiger partial charge in [0.2, 0.25) is 10.0 Å². The first-order valence-corrected chi connectivity index (χ1v) is 9.90. The van der Waals surface area contributed by atoms with Gasteiger partial charge in [-0.15, -0.1) is 0 Å². The number of hydrogen-bond donors (Lipinski definition) is 1. The Morgan fingerprint density at radius 3 is 2.33 bits per heavy atom. The second kappa shape index (κ2) is 7.37. The first kappa shape index (κ1) is 19.5. The van der Waals surface area contributed by atoms with Crippen molar-refractivity contribution in [3.63, 3.8) is 0 Å². The molecule has 0 bridgehead atoms. The number of hydrogen-bond acceptors (Lipinski definition) is 4. The quantitative estimate of drug-likeness (QED) is 0.629. The molecule has 0 aliphatic carbocycles. The Balaban J connectivity index is 2.14. The summed E-state index contributed by atoms with van der Waals surface area (Å²) in [6, 6.07) is 11.9. The van der Waals surface area contributed by atoms with E-state index in [4.69, 9.17) is 9.88 Å². The molecule has 0 aliphatic heterocycles. The number of rotatable bonds is 5. The number of primary sulfonamides is 1. The summed E-state index contributed by atoms with van der Waals surface area (Å²) in [7, 11) is -2.34. The molecule has 0 spiro atoms. The maximum absolute atomic E-state index is 13.2. The van der Waals surface area contributed by atoms with Gasteiger partial charge in [-0.1, -0.05) is 0 Å². The second-order valence-electron chi connectivity index (χ2n) is 5.56. The van der Waals surface area contributed by atoms with E-state index in [0.717, 1.165) is 0 Å². The maximum atomic E-state index is 13.2. The highest BCUT2D eigenvalue weighted by Gasteiger charge is 2.19. The summed E-state index contributed by atoms with van der Waals surface area (Å²) in [6.07, 6.45) is -2.75. The van der Waals surface area contributed by atoms with Gasteiger partial charge in [0.15, 0.2) is 0 Å². The Labute approximate surface area is 162 Å². The van der Waals surface area contributed by atoms with Crippen molar-refractivity contribution in [2.24, 2.45) is 5.14 Å². The number of nitrogens with zero attached hydrogens (tertiary/aromatic N) is 2. The minimum Gasteiger partial charge on any atom is -0.496 e. The number of sulfonamides is 1. The van der Waals surface area contributed by atoms with Gasteiger partial charge >= 0.3 is 0 Å². The van der Waals surface area contributed by atoms with Gasteiger partial charge in [-0.2, -0.15) is 5.10 Å². The molecule has 0 aliphatic rings. The lowest BCUT2D eigenvalue weighted by Crippen LogP contribution is -2.12. The molecule has 0 unspecified atom stereocenters. The van der Waals surface area contributed by atoms with Crippen molar-refractivity contribution < 1.29 is 21.9 Å². The first-order valence-electron chi connectivity index (χ1n) is 7.56. The molecule has 1 heterocycles. The van der Waals surface area contributed by atoms with Crippen molar-refractivity contribution in [1.29, 1.82) is 0 Å². The number of halogens is 3. The van der Waals surface area contributed by atoms with Gasteiger partial charge in [-0.3, -0.25) is 0 Å². The summed E-state index contributed by atoms with van der Waals surface area (Å²) in [5, 5.41) is 9.05. The highest BCUT2D eigenvalue weighted by atomic mass is 79.9. The molecule has 1 aromatic heterocycles. The van der Waals surface area contributed by atoms with Crippen molar-refractivity contribution in [2.75, 3.05) is 7.11 Å². The third kappa shape index (κ3) is 4.02. The first-order chi connectivity index (χ1) is 12.7. The SMILES string of the molecule is COc1ccc(-c2cc(C(F)F)nn2-c2ccc(S(N)(=O)=O)cc2)cc1Br. The summed E-state index contributed by atoms with van der Waals surface area (Å²) < 4.78 is 56.4. The van der Waals surface area contributed by atoms with Crippen LogP contribution in [0.2, 0.25) is 0 Å². The fourth-order valence-electron chi connectivity index (χ4n) is 2.51. The van der Waals surface area contributed by atoms with Gasteiger partial charge in [-0.05, 0) is 64.5 Å². The molecule has 6 nitrogen and oxygen atoms in total. The van der Waals surface area contributed by atoms with E-state index in [0.29, 0.717) is 27.2 Å². The van der Waals surface area contributed by atoms with E-state index < -0.39 is 22.1 Å². The molecule has 0 saturated heterocycles. The summed E-state index contributed by atoms with van der Waals surface area (Å²) in [5.74, 6) is 0.594. The summed E-state index contributed by atoms with van der Waals surface area (Å²) in [4.78, 5) is -0.0822. The van der Waals surface area contributed by atoms with Crippen molar-refractivity contribution in [1.82, 2.24) is 9.78 Å². The number of alkyl halides is 2. The standard InChI is InChI=1S/C17H14BrF2N3O3S/c1-26-16-7-2-10(8-13(16)18)15-9-14(17(19)20)22-23(15)11-3-5-12(6-4-11)27(21,24)25/h2-9,17H,1H3,(H2,21,24,25). The Hall–Kier alpha value is -2.30. The molecule has 10 heteroatoms. The average molecular weight is 458 g/mol. The lowest BCUT2D eigenvalue weighted by atomic mass is 10.1. The summed E-state index contributed by atoms with van der Waals surface area (Å²) in [6.45, 7) is 0. The zero-order chi connectivity index (χ0) is 19.8. The van der Waals surface area contributed by atoms with Crippen molar-refractivity contribution >= 4 is 26.0 Å². The van der Waals surface area contributed by atoms with E-state index >= 15 is 0 Å². The lowest BCUT2D eigenvalue weighted by Gasteiger charge is -2.10. The van der Waals surface area contributed by atoms with Crippen LogP contribution in [-0.2, 0) is 10.0 Å². The van der Waals surface area contributed by atoms with Crippen LogP contribution in [0.3, 0.4) is 0 Å². The molecule has 0 fully saturated rings. The minimum atomic E-state index is -3.86. The number of benzene rings is 2. The number of nitrogens with two attached hydrogens (primary N) is 1. The zero-order valence-electron chi connectivity index (χ0n) is 13.9. The predicted octanol–water partition coefficient (Wildman–Crippen LogP) is 3.90. The smallest absolute Gasteiger partial charge is 0.282 e. The molecule has 27 heavy (non-hydrogen) atoms. The van der Waals surface area contributed by atoms with E-state index in [1.165, 1.54) is 42.1 Å². The van der Waals surface area contributed by atoms with Crippen molar-refractivity contribution in [3.8, 4) is 22.7 Å². The molecule has 0 amide bonds. The zero-order valence-corrected chi connectivity index (χ0v) is 16.3. The highest BCUT2D eigenvalue weighted by molar-refractivity contribution is 9.10. The normalized spacial score (nSPS) is 11.8. The minimum absolute atomic E-state index is 0.0822. The Morgan fingerprint density at radius 1 is 1.15 bits per heavy atom. The van der Waals surface area contributed by atoms with Crippen molar-refractivity contribution in [3.05, 3.63) is 58.7 Å². The van der Waals surface area contributed by atoms with Gasteiger partial charge < -0.3 is 4.74 Å². The fraction of sp³-hybridized carbons (Fsp3) is 0.118. The molecular formula is C17H14BrF2N3O3S. The summed E-state index contributed by atoms with van der Waals surface area (Å²) in [5.41, 5.74) is 1.05.